The maximum Gasteiger partial charge on any atom is 0.303 e. The first kappa shape index (κ1) is 82.0. The van der Waals surface area contributed by atoms with Gasteiger partial charge >= 0.3 is 11.9 Å². The average molecular weight is 1330 g/mol. The Kier molecular flexibility index (Phi) is 36.8. The molecule has 524 valence electrons. The fourth-order valence-electron chi connectivity index (χ4n) is 8.51. The van der Waals surface area contributed by atoms with E-state index in [4.69, 9.17) is 33.8 Å². The summed E-state index contributed by atoms with van der Waals surface area (Å²) in [6, 6.07) is -6.65. The Balaban J connectivity index is 3.18. The van der Waals surface area contributed by atoms with Crippen LogP contribution >= 0.6 is 0 Å². The van der Waals surface area contributed by atoms with E-state index in [0.717, 1.165) is 0 Å². The van der Waals surface area contributed by atoms with Crippen molar-refractivity contribution < 1.29 is 86.9 Å². The lowest BCUT2D eigenvalue weighted by molar-refractivity contribution is -0.139. The van der Waals surface area contributed by atoms with Crippen molar-refractivity contribution in [2.45, 2.75) is 192 Å². The van der Waals surface area contributed by atoms with Gasteiger partial charge in [0.1, 0.15) is 60.4 Å². The molecule has 0 heterocycles. The molecule has 14 amide bonds. The van der Waals surface area contributed by atoms with Gasteiger partial charge in [0.05, 0.1) is 19.1 Å². The fraction of sp³-hybridized carbons (Fsp3) is 0.603. The summed E-state index contributed by atoms with van der Waals surface area (Å²) in [4.78, 5) is 211. The van der Waals surface area contributed by atoms with Crippen LogP contribution in [0.4, 0.5) is 0 Å². The van der Waals surface area contributed by atoms with Crippen LogP contribution in [0.15, 0.2) is 35.3 Å². The number of carboxylic acids is 2. The predicted octanol–water partition coefficient (Wildman–Crippen LogP) is -6.66. The van der Waals surface area contributed by atoms with E-state index in [-0.39, 0.29) is 75.7 Å². The number of carbonyl (C=O) groups is 16. The number of amides is 14. The SMILES string of the molecule is CC(C)C[C@H](NC(=O)[C@H](C)NC(=O)[C@@H](N)CCC(=O)O)C(=O)N[C@@H](CCC(=O)O)C(=O)N[C@@H](CC(C)C)C(=O)N[C@@H](C)C(=O)N[C@@H](CCCN=C(N)N)C(=O)NCC(=O)N[C@@H](C)C(=O)NCC(=O)N[C@@H](Cc1ccccc1)C(=O)N[C@@H](CCC(N)=O)C(=O)N[C@@H](C)C(N)=O. The van der Waals surface area contributed by atoms with Crippen LogP contribution in [0.5, 0.6) is 0 Å². The molecule has 0 radical (unpaired) electrons. The molecular formula is C58H94N18O18. The smallest absolute Gasteiger partial charge is 0.303 e. The number of aliphatic imine (C=N–C) groups is 1. The number of primary amides is 2. The Bertz CT molecular complexity index is 2860. The first-order valence-corrected chi connectivity index (χ1v) is 30.3. The van der Waals surface area contributed by atoms with Crippen LogP contribution in [-0.2, 0) is 83.1 Å². The van der Waals surface area contributed by atoms with Gasteiger partial charge in [-0.1, -0.05) is 58.0 Å². The van der Waals surface area contributed by atoms with Crippen LogP contribution in [0, 0.1) is 11.8 Å². The lowest BCUT2D eigenvalue weighted by Crippen LogP contribution is -2.59. The highest BCUT2D eigenvalue weighted by molar-refractivity contribution is 5.99. The summed E-state index contributed by atoms with van der Waals surface area (Å²) < 4.78 is 0. The van der Waals surface area contributed by atoms with Gasteiger partial charge in [0.2, 0.25) is 82.7 Å². The summed E-state index contributed by atoms with van der Waals surface area (Å²) in [7, 11) is 0. The van der Waals surface area contributed by atoms with Crippen LogP contribution in [0.1, 0.15) is 125 Å². The molecule has 0 aliphatic carbocycles. The van der Waals surface area contributed by atoms with Crippen LogP contribution in [0.3, 0.4) is 0 Å². The van der Waals surface area contributed by atoms with E-state index in [9.17, 15) is 81.8 Å². The van der Waals surface area contributed by atoms with Gasteiger partial charge in [-0.2, -0.15) is 0 Å². The summed E-state index contributed by atoms with van der Waals surface area (Å²) >= 11 is 0. The highest BCUT2D eigenvalue weighted by Crippen LogP contribution is 2.12. The Hall–Kier alpha value is -10.0. The molecule has 0 bridgehead atoms. The van der Waals surface area contributed by atoms with Crippen molar-refractivity contribution in [2.75, 3.05) is 19.6 Å². The predicted molar refractivity (Wildman–Crippen MR) is 336 cm³/mol. The Morgan fingerprint density at radius 2 is 0.809 bits per heavy atom. The molecular weight excluding hydrogens is 1240 g/mol. The number of hydrogen-bond acceptors (Lipinski definition) is 18. The third-order valence-corrected chi connectivity index (χ3v) is 13.7. The molecule has 0 saturated carbocycles. The molecule has 36 nitrogen and oxygen atoms in total. The van der Waals surface area contributed by atoms with E-state index in [1.807, 2.05) is 0 Å². The zero-order valence-electron chi connectivity index (χ0n) is 54.1. The number of benzene rings is 1. The first-order chi connectivity index (χ1) is 43.9. The number of guanidine groups is 1. The molecule has 0 saturated heterocycles. The third-order valence-electron chi connectivity index (χ3n) is 13.7. The van der Waals surface area contributed by atoms with Gasteiger partial charge in [0.15, 0.2) is 5.96 Å². The summed E-state index contributed by atoms with van der Waals surface area (Å²) in [5.41, 5.74) is 27.8. The van der Waals surface area contributed by atoms with Crippen LogP contribution < -0.4 is 92.5 Å². The third kappa shape index (κ3) is 33.9. The molecule has 36 heteroatoms. The molecule has 0 spiro atoms. The zero-order valence-corrected chi connectivity index (χ0v) is 54.1. The lowest BCUT2D eigenvalue weighted by Gasteiger charge is -2.28. The highest BCUT2D eigenvalue weighted by atomic mass is 16.4. The molecule has 94 heavy (non-hydrogen) atoms. The van der Waals surface area contributed by atoms with Gasteiger partial charge in [0.25, 0.3) is 0 Å². The number of nitrogens with zero attached hydrogens (tertiary/aromatic N) is 1. The molecule has 0 aliphatic rings. The van der Waals surface area contributed by atoms with Gasteiger partial charge in [-0.3, -0.25) is 81.7 Å². The van der Waals surface area contributed by atoms with E-state index in [1.165, 1.54) is 27.7 Å². The Morgan fingerprint density at radius 3 is 1.31 bits per heavy atom. The van der Waals surface area contributed by atoms with Crippen LogP contribution in [0.25, 0.3) is 0 Å². The number of rotatable bonds is 44. The van der Waals surface area contributed by atoms with Gasteiger partial charge in [-0.05, 0) is 90.0 Å². The Labute approximate surface area is 543 Å². The van der Waals surface area contributed by atoms with E-state index >= 15 is 0 Å². The molecule has 11 atom stereocenters. The van der Waals surface area contributed by atoms with Crippen molar-refractivity contribution in [3.8, 4) is 0 Å². The second-order valence-corrected chi connectivity index (χ2v) is 23.1. The maximum absolute atomic E-state index is 14.0. The monoisotopic (exact) mass is 1330 g/mol. The normalized spacial score (nSPS) is 14.4. The van der Waals surface area contributed by atoms with Gasteiger partial charge in [-0.15, -0.1) is 0 Å². The number of nitrogens with two attached hydrogens (primary N) is 5. The topological polar surface area (TPSA) is 600 Å². The summed E-state index contributed by atoms with van der Waals surface area (Å²) in [6.45, 7) is 10.4. The number of nitrogens with one attached hydrogen (secondary N) is 12. The largest absolute Gasteiger partial charge is 0.481 e. The second kappa shape index (κ2) is 42.2. The van der Waals surface area contributed by atoms with E-state index < -0.39 is 193 Å². The highest BCUT2D eigenvalue weighted by Gasteiger charge is 2.35. The fourth-order valence-corrected chi connectivity index (χ4v) is 8.51. The number of aliphatic carboxylic acids is 2. The number of carboxylic acid groups (broad SMARTS) is 2. The second-order valence-electron chi connectivity index (χ2n) is 23.1. The first-order valence-electron chi connectivity index (χ1n) is 30.3. The van der Waals surface area contributed by atoms with Gasteiger partial charge in [0, 0.05) is 32.2 Å². The van der Waals surface area contributed by atoms with Crippen molar-refractivity contribution in [3.05, 3.63) is 35.9 Å². The molecule has 0 aromatic heterocycles. The molecule has 0 aliphatic heterocycles. The zero-order chi connectivity index (χ0) is 71.5. The van der Waals surface area contributed by atoms with Crippen molar-refractivity contribution in [1.29, 1.82) is 0 Å². The number of carbonyl (C=O) groups excluding carboxylic acids is 14. The average Bonchev–Trinajstić information content (AvgIpc) is 0.930. The molecule has 24 N–H and O–H groups in total. The maximum atomic E-state index is 14.0. The molecule has 1 aromatic rings. The molecule has 1 rings (SSSR count). The minimum atomic E-state index is -1.61. The van der Waals surface area contributed by atoms with Gasteiger partial charge in [-0.25, -0.2) is 0 Å². The summed E-state index contributed by atoms with van der Waals surface area (Å²) in [6.07, 6.45) is -2.62. The van der Waals surface area contributed by atoms with E-state index in [0.29, 0.717) is 5.56 Å². The van der Waals surface area contributed by atoms with Crippen LogP contribution in [-0.4, -0.2) is 197 Å². The number of hydrogen-bond donors (Lipinski definition) is 19. The standard InChI is InChI=1S/C58H94N18O18/c1-28(2)23-39(76-54(91)38(18-21-46(82)83)74-56(93)40(24-29(3)4)75-50(87)32(7)69-51(88)35(59)16-20-45(80)81)55(92)70-33(8)49(86)72-36(15-12-22-64-58(62)63)52(89)66-26-43(78)67-31(6)48(85)65-27-44(79)71-41(25-34-13-10-9-11-14-34)57(94)73-37(17-19-42(60)77)53(90)68-30(5)47(61)84/h9-11,13-14,28-33,35-41H,12,15-27,59H2,1-8H3,(H2,60,77)(H2,61,84)(H,65,85)(H,66,89)(H,67,78)(H,68,90)(H,69,88)(H,70,92)(H,71,79)(H,72,86)(H,73,94)(H,74,93)(H,75,87)(H,76,91)(H,80,81)(H,82,83)(H4,62,63,64)/t30-,31-,32-,33-,35-,36-,37-,38-,39-,40-,41-/m0/s1. The van der Waals surface area contributed by atoms with Crippen molar-refractivity contribution >= 4 is 101 Å². The van der Waals surface area contributed by atoms with Crippen molar-refractivity contribution in [2.24, 2.45) is 45.5 Å². The minimum absolute atomic E-state index is 0.00648. The summed E-state index contributed by atoms with van der Waals surface area (Å²) in [5.74, 6) is -15.9. The molecule has 1 aromatic carbocycles. The van der Waals surface area contributed by atoms with Crippen LogP contribution in [0.2, 0.25) is 0 Å². The van der Waals surface area contributed by atoms with Crippen molar-refractivity contribution in [3.63, 3.8) is 0 Å². The molecule has 0 fully saturated rings. The summed E-state index contributed by atoms with van der Waals surface area (Å²) in [5, 5.41) is 47.5. The van der Waals surface area contributed by atoms with Gasteiger partial charge < -0.3 is 103 Å². The van der Waals surface area contributed by atoms with Crippen molar-refractivity contribution in [1.82, 2.24) is 63.8 Å². The van der Waals surface area contributed by atoms with E-state index in [1.54, 1.807) is 58.0 Å². The lowest BCUT2D eigenvalue weighted by atomic mass is 10.0. The molecule has 0 unspecified atom stereocenters. The van der Waals surface area contributed by atoms with E-state index in [2.05, 4.69) is 68.8 Å². The minimum Gasteiger partial charge on any atom is -0.481 e. The quantitative estimate of drug-likeness (QED) is 0.0164. The Morgan fingerprint density at radius 1 is 0.415 bits per heavy atom.